The number of nitrogens with zero attached hydrogens (tertiary/aromatic N) is 2. The molecule has 0 bridgehead atoms. The largest absolute Gasteiger partial charge is 1.00 e. The number of aryl methyl sites for hydroxylation is 1. The van der Waals surface area contributed by atoms with E-state index in [1.807, 2.05) is 48.3 Å². The molecule has 0 spiro atoms. The van der Waals surface area contributed by atoms with E-state index < -0.39 is 18.0 Å². The van der Waals surface area contributed by atoms with Crippen molar-refractivity contribution in [1.29, 1.82) is 0 Å². The molecule has 2 aromatic carbocycles. The fraction of sp³-hybridized carbons (Fsp3) is 0.200. The fourth-order valence-electron chi connectivity index (χ4n) is 3.20. The van der Waals surface area contributed by atoms with Gasteiger partial charge in [-0.3, -0.25) is 4.90 Å². The number of cyclic esters (lactones) is 1. The zero-order valence-electron chi connectivity index (χ0n) is 14.6. The number of amides is 1. The Labute approximate surface area is 162 Å². The number of carbonyl (C=O) groups is 1. The normalized spacial score (nSPS) is 16.3. The summed E-state index contributed by atoms with van der Waals surface area (Å²) >= 11 is 0. The fourth-order valence-corrected chi connectivity index (χ4v) is 3.20. The first kappa shape index (κ1) is 19.1. The SMILES string of the molecule is C[n+]1ccc2cc(-c3ccc(N4C[C@H](CO)OC4=O)cc3F)ccc2c1.[Cl-]. The molecule has 7 heteroatoms. The van der Waals surface area contributed by atoms with Crippen LogP contribution in [0.2, 0.25) is 0 Å². The van der Waals surface area contributed by atoms with Gasteiger partial charge in [0, 0.05) is 17.0 Å². The summed E-state index contributed by atoms with van der Waals surface area (Å²) in [6.45, 7) is -0.0429. The number of carbonyl (C=O) groups excluding carboxylic acids is 1. The minimum atomic E-state index is -0.577. The Morgan fingerprint density at radius 2 is 2.04 bits per heavy atom. The molecule has 0 radical (unpaired) electrons. The van der Waals surface area contributed by atoms with Crippen LogP contribution in [0, 0.1) is 5.82 Å². The summed E-state index contributed by atoms with van der Waals surface area (Å²) in [5.74, 6) is -0.413. The van der Waals surface area contributed by atoms with Crippen molar-refractivity contribution in [1.82, 2.24) is 0 Å². The lowest BCUT2D eigenvalue weighted by Gasteiger charge is -2.14. The van der Waals surface area contributed by atoms with E-state index in [1.54, 1.807) is 12.1 Å². The molecule has 0 aliphatic carbocycles. The van der Waals surface area contributed by atoms with Gasteiger partial charge in [0.25, 0.3) is 0 Å². The zero-order valence-corrected chi connectivity index (χ0v) is 15.4. The predicted molar refractivity (Wildman–Crippen MR) is 95.2 cm³/mol. The average Bonchev–Trinajstić information content (AvgIpc) is 3.02. The first-order valence-electron chi connectivity index (χ1n) is 8.33. The molecule has 4 rings (SSSR count). The Balaban J connectivity index is 0.00000210. The van der Waals surface area contributed by atoms with E-state index in [0.29, 0.717) is 11.3 Å². The third kappa shape index (κ3) is 3.59. The van der Waals surface area contributed by atoms with Crippen LogP contribution in [0.4, 0.5) is 14.9 Å². The monoisotopic (exact) mass is 388 g/mol. The molecule has 140 valence electrons. The van der Waals surface area contributed by atoms with Crippen LogP contribution >= 0.6 is 0 Å². The minimum Gasteiger partial charge on any atom is -1.00 e. The second-order valence-corrected chi connectivity index (χ2v) is 6.42. The Kier molecular flexibility index (Phi) is 5.30. The maximum atomic E-state index is 14.7. The molecular weight excluding hydrogens is 371 g/mol. The number of fused-ring (bicyclic) bond motifs is 1. The third-order valence-electron chi connectivity index (χ3n) is 4.57. The number of pyridine rings is 1. The smallest absolute Gasteiger partial charge is 0.414 e. The molecule has 5 nitrogen and oxygen atoms in total. The summed E-state index contributed by atoms with van der Waals surface area (Å²) in [7, 11) is 1.95. The van der Waals surface area contributed by atoms with Crippen LogP contribution in [-0.4, -0.2) is 30.5 Å². The zero-order chi connectivity index (χ0) is 18.3. The summed E-state index contributed by atoms with van der Waals surface area (Å²) in [4.78, 5) is 13.2. The van der Waals surface area contributed by atoms with Gasteiger partial charge in [-0.25, -0.2) is 13.8 Å². The second kappa shape index (κ2) is 7.50. The lowest BCUT2D eigenvalue weighted by molar-refractivity contribution is -0.670. The maximum absolute atomic E-state index is 14.7. The van der Waals surface area contributed by atoms with Crippen LogP contribution in [0.25, 0.3) is 21.9 Å². The molecule has 1 fully saturated rings. The summed E-state index contributed by atoms with van der Waals surface area (Å²) in [6.07, 6.45) is 2.80. The third-order valence-corrected chi connectivity index (χ3v) is 4.57. The van der Waals surface area contributed by atoms with Gasteiger partial charge >= 0.3 is 6.09 Å². The highest BCUT2D eigenvalue weighted by molar-refractivity contribution is 5.91. The molecule has 3 aromatic rings. The van der Waals surface area contributed by atoms with Crippen molar-refractivity contribution in [3.8, 4) is 11.1 Å². The Morgan fingerprint density at radius 3 is 2.74 bits per heavy atom. The first-order valence-corrected chi connectivity index (χ1v) is 8.33. The molecular formula is C20H18ClFN2O3. The van der Waals surface area contributed by atoms with Crippen LogP contribution in [-0.2, 0) is 11.8 Å². The van der Waals surface area contributed by atoms with E-state index in [9.17, 15) is 9.18 Å². The van der Waals surface area contributed by atoms with Crippen LogP contribution < -0.4 is 21.9 Å². The van der Waals surface area contributed by atoms with Crippen molar-refractivity contribution in [2.24, 2.45) is 7.05 Å². The number of halogens is 2. The Morgan fingerprint density at radius 1 is 1.22 bits per heavy atom. The minimum absolute atomic E-state index is 0. The molecule has 0 saturated carbocycles. The number of aromatic nitrogens is 1. The topological polar surface area (TPSA) is 53.6 Å². The number of aliphatic hydroxyl groups is 1. The van der Waals surface area contributed by atoms with Gasteiger partial charge in [-0.15, -0.1) is 0 Å². The lowest BCUT2D eigenvalue weighted by Crippen LogP contribution is -3.00. The standard InChI is InChI=1S/C20H18FN2O3.ClH/c1-22-7-6-13-8-14(2-3-15(13)10-22)18-5-4-16(9-19(18)21)23-11-17(12-24)26-20(23)25;/h2-10,17,24H,11-12H2,1H3;1H/q+1;/p-1/t17-;/m1./s1. The van der Waals surface area contributed by atoms with Crippen molar-refractivity contribution in [2.75, 3.05) is 18.1 Å². The van der Waals surface area contributed by atoms with Crippen molar-refractivity contribution >= 4 is 22.6 Å². The van der Waals surface area contributed by atoms with Crippen LogP contribution in [0.5, 0.6) is 0 Å². The van der Waals surface area contributed by atoms with Gasteiger partial charge in [-0.1, -0.05) is 6.07 Å². The van der Waals surface area contributed by atoms with Crippen LogP contribution in [0.1, 0.15) is 0 Å². The molecule has 1 aliphatic heterocycles. The Hall–Kier alpha value is -2.70. The summed E-state index contributed by atoms with van der Waals surface area (Å²) in [6, 6.07) is 12.4. The van der Waals surface area contributed by atoms with Crippen molar-refractivity contribution in [2.45, 2.75) is 6.10 Å². The molecule has 1 atom stereocenters. The average molecular weight is 389 g/mol. The van der Waals surface area contributed by atoms with Gasteiger partial charge in [0.2, 0.25) is 0 Å². The van der Waals surface area contributed by atoms with E-state index in [1.165, 1.54) is 11.0 Å². The van der Waals surface area contributed by atoms with Gasteiger partial charge in [-0.2, -0.15) is 0 Å². The van der Waals surface area contributed by atoms with E-state index in [4.69, 9.17) is 9.84 Å². The first-order chi connectivity index (χ1) is 12.5. The predicted octanol–water partition coefficient (Wildman–Crippen LogP) is -0.208. The highest BCUT2D eigenvalue weighted by atomic mass is 35.5. The van der Waals surface area contributed by atoms with Crippen LogP contribution in [0.3, 0.4) is 0 Å². The van der Waals surface area contributed by atoms with Crippen molar-refractivity contribution in [3.05, 3.63) is 60.7 Å². The molecule has 2 heterocycles. The highest BCUT2D eigenvalue weighted by Gasteiger charge is 2.32. The van der Waals surface area contributed by atoms with Gasteiger partial charge in [0.15, 0.2) is 12.4 Å². The van der Waals surface area contributed by atoms with Gasteiger partial charge in [-0.05, 0) is 41.3 Å². The van der Waals surface area contributed by atoms with E-state index in [0.717, 1.165) is 16.3 Å². The quantitative estimate of drug-likeness (QED) is 0.632. The number of ether oxygens (including phenoxy) is 1. The number of aliphatic hydroxyl groups excluding tert-OH is 1. The molecule has 1 aromatic heterocycles. The highest BCUT2D eigenvalue weighted by Crippen LogP contribution is 2.30. The van der Waals surface area contributed by atoms with E-state index in [2.05, 4.69) is 0 Å². The van der Waals surface area contributed by atoms with Crippen molar-refractivity contribution < 1.29 is 36.0 Å². The Bertz CT molecular complexity index is 1010. The van der Waals surface area contributed by atoms with E-state index in [-0.39, 0.29) is 25.6 Å². The second-order valence-electron chi connectivity index (χ2n) is 6.42. The molecule has 27 heavy (non-hydrogen) atoms. The van der Waals surface area contributed by atoms with E-state index >= 15 is 0 Å². The summed E-state index contributed by atoms with van der Waals surface area (Å²) in [5, 5.41) is 11.2. The number of rotatable bonds is 3. The summed E-state index contributed by atoms with van der Waals surface area (Å²) < 4.78 is 21.7. The molecule has 1 N–H and O–H groups in total. The molecule has 0 unspecified atom stereocenters. The number of hydrogen-bond donors (Lipinski definition) is 1. The van der Waals surface area contributed by atoms with Gasteiger partial charge in [0.05, 0.1) is 18.8 Å². The van der Waals surface area contributed by atoms with Gasteiger partial charge < -0.3 is 22.3 Å². The molecule has 1 aliphatic rings. The van der Waals surface area contributed by atoms with Gasteiger partial charge in [0.1, 0.15) is 19.0 Å². The van der Waals surface area contributed by atoms with Crippen LogP contribution in [0.15, 0.2) is 54.9 Å². The van der Waals surface area contributed by atoms with Crippen molar-refractivity contribution in [3.63, 3.8) is 0 Å². The maximum Gasteiger partial charge on any atom is 0.414 e. The number of hydrogen-bond acceptors (Lipinski definition) is 3. The molecule has 1 amide bonds. The lowest BCUT2D eigenvalue weighted by atomic mass is 10.0. The number of benzene rings is 2. The summed E-state index contributed by atoms with van der Waals surface area (Å²) in [5.41, 5.74) is 1.66. The number of anilines is 1. The molecule has 1 saturated heterocycles.